The quantitative estimate of drug-likeness (QED) is 0.845. The molecule has 0 aliphatic rings. The Morgan fingerprint density at radius 2 is 2.11 bits per heavy atom. The number of aliphatic carboxylic acids is 1. The molecule has 0 aliphatic carbocycles. The maximum Gasteiger partial charge on any atom is 0.318 e. The lowest BCUT2D eigenvalue weighted by atomic mass is 10.2. The minimum atomic E-state index is -3.90. The molecular weight excluding hydrogens is 282 g/mol. The standard InChI is InChI=1S/C10H12ClNO5S/c1-6-3-8(17-2)7(11)4-9(6)18(15,16)12-5-10(13)14/h3-4,12H,5H2,1-2H3,(H,13,14). The van der Waals surface area contributed by atoms with Crippen molar-refractivity contribution in [1.82, 2.24) is 4.72 Å². The van der Waals surface area contributed by atoms with Crippen LogP contribution in [0.3, 0.4) is 0 Å². The van der Waals surface area contributed by atoms with Gasteiger partial charge in [0.25, 0.3) is 0 Å². The lowest BCUT2D eigenvalue weighted by Gasteiger charge is -2.11. The minimum Gasteiger partial charge on any atom is -0.495 e. The third kappa shape index (κ3) is 3.34. The first-order valence-electron chi connectivity index (χ1n) is 4.83. The van der Waals surface area contributed by atoms with Crippen molar-refractivity contribution in [3.63, 3.8) is 0 Å². The molecule has 0 amide bonds. The summed E-state index contributed by atoms with van der Waals surface area (Å²) in [6.45, 7) is 0.875. The van der Waals surface area contributed by atoms with Crippen molar-refractivity contribution < 1.29 is 23.1 Å². The minimum absolute atomic E-state index is 0.0745. The average molecular weight is 294 g/mol. The summed E-state index contributed by atoms with van der Waals surface area (Å²) in [6, 6.07) is 2.69. The molecule has 6 nitrogen and oxygen atoms in total. The number of rotatable bonds is 5. The van der Waals surface area contributed by atoms with E-state index in [1.54, 1.807) is 6.92 Å². The second kappa shape index (κ2) is 5.55. The van der Waals surface area contributed by atoms with Crippen LogP contribution in [0.5, 0.6) is 5.75 Å². The molecule has 0 radical (unpaired) electrons. The van der Waals surface area contributed by atoms with Gasteiger partial charge in [-0.2, -0.15) is 4.72 Å². The van der Waals surface area contributed by atoms with Gasteiger partial charge >= 0.3 is 5.97 Å². The molecule has 8 heteroatoms. The number of carbonyl (C=O) groups is 1. The van der Waals surface area contributed by atoms with Crippen LogP contribution in [0.2, 0.25) is 5.02 Å². The number of aryl methyl sites for hydroxylation is 1. The van der Waals surface area contributed by atoms with E-state index >= 15 is 0 Å². The summed E-state index contributed by atoms with van der Waals surface area (Å²) in [7, 11) is -2.49. The fraction of sp³-hybridized carbons (Fsp3) is 0.300. The van der Waals surface area contributed by atoms with Gasteiger partial charge in [-0.15, -0.1) is 0 Å². The van der Waals surface area contributed by atoms with Gasteiger partial charge in [-0.3, -0.25) is 4.79 Å². The molecule has 0 aliphatic heterocycles. The summed E-state index contributed by atoms with van der Waals surface area (Å²) in [4.78, 5) is 10.3. The number of sulfonamides is 1. The van der Waals surface area contributed by atoms with E-state index in [9.17, 15) is 13.2 Å². The molecule has 0 saturated heterocycles. The molecule has 0 bridgehead atoms. The molecule has 0 aromatic heterocycles. The third-order valence-electron chi connectivity index (χ3n) is 2.15. The molecule has 1 aromatic carbocycles. The molecule has 0 saturated carbocycles. The maximum absolute atomic E-state index is 11.8. The smallest absolute Gasteiger partial charge is 0.318 e. The first-order valence-corrected chi connectivity index (χ1v) is 6.69. The van der Waals surface area contributed by atoms with Gasteiger partial charge < -0.3 is 9.84 Å². The Labute approximate surface area is 110 Å². The summed E-state index contributed by atoms with van der Waals surface area (Å²) in [6.07, 6.45) is 0. The molecule has 0 atom stereocenters. The second-order valence-corrected chi connectivity index (χ2v) is 5.61. The molecule has 0 heterocycles. The number of methoxy groups -OCH3 is 1. The molecule has 0 fully saturated rings. The predicted octanol–water partition coefficient (Wildman–Crippen LogP) is 1.02. The monoisotopic (exact) mass is 293 g/mol. The molecular formula is C10H12ClNO5S. The first kappa shape index (κ1) is 14.7. The number of carboxylic acid groups (broad SMARTS) is 1. The Hall–Kier alpha value is -1.31. The van der Waals surface area contributed by atoms with Crippen molar-refractivity contribution >= 4 is 27.6 Å². The highest BCUT2D eigenvalue weighted by atomic mass is 35.5. The van der Waals surface area contributed by atoms with Gasteiger partial charge in [0.1, 0.15) is 12.3 Å². The van der Waals surface area contributed by atoms with Gasteiger partial charge in [-0.1, -0.05) is 11.6 Å². The zero-order valence-electron chi connectivity index (χ0n) is 9.73. The predicted molar refractivity (Wildman–Crippen MR) is 65.6 cm³/mol. The van der Waals surface area contributed by atoms with Crippen LogP contribution in [0.15, 0.2) is 17.0 Å². The Bertz CT molecular complexity index is 570. The molecule has 0 unspecified atom stereocenters. The number of halogens is 1. The van der Waals surface area contributed by atoms with E-state index in [1.807, 2.05) is 4.72 Å². The number of carboxylic acids is 1. The van der Waals surface area contributed by atoms with Crippen molar-refractivity contribution in [2.45, 2.75) is 11.8 Å². The van der Waals surface area contributed by atoms with Crippen LogP contribution in [0.1, 0.15) is 5.56 Å². The fourth-order valence-electron chi connectivity index (χ4n) is 1.32. The summed E-state index contributed by atoms with van der Waals surface area (Å²) < 4.78 is 30.6. The summed E-state index contributed by atoms with van der Waals surface area (Å²) in [5.74, 6) is -0.915. The fourth-order valence-corrected chi connectivity index (χ4v) is 2.85. The van der Waals surface area contributed by atoms with E-state index in [-0.39, 0.29) is 9.92 Å². The van der Waals surface area contributed by atoms with Crippen LogP contribution in [-0.2, 0) is 14.8 Å². The van der Waals surface area contributed by atoms with Crippen LogP contribution in [0.25, 0.3) is 0 Å². The van der Waals surface area contributed by atoms with E-state index in [0.717, 1.165) is 0 Å². The number of nitrogens with one attached hydrogen (secondary N) is 1. The van der Waals surface area contributed by atoms with Crippen molar-refractivity contribution in [1.29, 1.82) is 0 Å². The van der Waals surface area contributed by atoms with Gasteiger partial charge in [-0.05, 0) is 24.6 Å². The van der Waals surface area contributed by atoms with E-state index in [0.29, 0.717) is 11.3 Å². The number of hydrogen-bond acceptors (Lipinski definition) is 4. The van der Waals surface area contributed by atoms with E-state index in [2.05, 4.69) is 0 Å². The lowest BCUT2D eigenvalue weighted by molar-refractivity contribution is -0.135. The topological polar surface area (TPSA) is 92.7 Å². The van der Waals surface area contributed by atoms with Crippen LogP contribution in [0, 0.1) is 6.92 Å². The summed E-state index contributed by atoms with van der Waals surface area (Å²) >= 11 is 5.84. The van der Waals surface area contributed by atoms with Gasteiger partial charge in [0, 0.05) is 0 Å². The Morgan fingerprint density at radius 3 is 2.61 bits per heavy atom. The van der Waals surface area contributed by atoms with E-state index < -0.39 is 22.5 Å². The largest absolute Gasteiger partial charge is 0.495 e. The lowest BCUT2D eigenvalue weighted by Crippen LogP contribution is -2.29. The van der Waals surface area contributed by atoms with Crippen molar-refractivity contribution in [2.75, 3.05) is 13.7 Å². The van der Waals surface area contributed by atoms with Gasteiger partial charge in [0.05, 0.1) is 17.0 Å². The maximum atomic E-state index is 11.8. The summed E-state index contributed by atoms with van der Waals surface area (Å²) in [5.41, 5.74) is 0.411. The van der Waals surface area contributed by atoms with Gasteiger partial charge in [0.2, 0.25) is 10.0 Å². The number of hydrogen-bond donors (Lipinski definition) is 2. The number of benzene rings is 1. The van der Waals surface area contributed by atoms with Crippen LogP contribution < -0.4 is 9.46 Å². The Morgan fingerprint density at radius 1 is 1.50 bits per heavy atom. The highest BCUT2D eigenvalue weighted by molar-refractivity contribution is 7.89. The molecule has 1 rings (SSSR count). The van der Waals surface area contributed by atoms with E-state index in [4.69, 9.17) is 21.4 Å². The number of ether oxygens (including phenoxy) is 1. The Kier molecular flexibility index (Phi) is 4.55. The zero-order valence-corrected chi connectivity index (χ0v) is 11.3. The highest BCUT2D eigenvalue weighted by Gasteiger charge is 2.19. The van der Waals surface area contributed by atoms with E-state index in [1.165, 1.54) is 19.2 Å². The van der Waals surface area contributed by atoms with Crippen molar-refractivity contribution in [2.24, 2.45) is 0 Å². The van der Waals surface area contributed by atoms with Gasteiger partial charge in [-0.25, -0.2) is 8.42 Å². The van der Waals surface area contributed by atoms with Crippen LogP contribution in [0.4, 0.5) is 0 Å². The molecule has 18 heavy (non-hydrogen) atoms. The highest BCUT2D eigenvalue weighted by Crippen LogP contribution is 2.29. The van der Waals surface area contributed by atoms with Crippen LogP contribution in [-0.4, -0.2) is 33.1 Å². The van der Waals surface area contributed by atoms with Gasteiger partial charge in [0.15, 0.2) is 0 Å². The molecule has 100 valence electrons. The molecule has 0 spiro atoms. The van der Waals surface area contributed by atoms with Crippen LogP contribution >= 0.6 is 11.6 Å². The molecule has 2 N–H and O–H groups in total. The third-order valence-corrected chi connectivity index (χ3v) is 3.99. The normalized spacial score (nSPS) is 11.3. The van der Waals surface area contributed by atoms with Crippen molar-refractivity contribution in [3.05, 3.63) is 22.7 Å². The Balaban J connectivity index is 3.17. The SMILES string of the molecule is COc1cc(C)c(S(=O)(=O)NCC(=O)O)cc1Cl. The van der Waals surface area contributed by atoms with Crippen molar-refractivity contribution in [3.8, 4) is 5.75 Å². The second-order valence-electron chi connectivity index (χ2n) is 3.47. The molecule has 1 aromatic rings. The zero-order chi connectivity index (χ0) is 13.9. The first-order chi connectivity index (χ1) is 8.27. The average Bonchev–Trinajstić information content (AvgIpc) is 2.29. The summed E-state index contributed by atoms with van der Waals surface area (Å²) in [5, 5.41) is 8.59.